The second kappa shape index (κ2) is 4.93. The Balaban J connectivity index is 2.31. The van der Waals surface area contributed by atoms with Gasteiger partial charge < -0.3 is 0 Å². The van der Waals surface area contributed by atoms with E-state index in [0.29, 0.717) is 11.8 Å². The minimum atomic E-state index is 0.394. The Labute approximate surface area is 97.3 Å². The van der Waals surface area contributed by atoms with Gasteiger partial charge in [0.15, 0.2) is 0 Å². The zero-order chi connectivity index (χ0) is 11.4. The highest BCUT2D eigenvalue weighted by atomic mass is 14.7. The van der Waals surface area contributed by atoms with Crippen molar-refractivity contribution in [3.05, 3.63) is 59.9 Å². The number of allylic oxidation sites excluding steroid dienone is 9. The average molecular weight is 211 g/mol. The molecule has 82 valence electrons. The summed E-state index contributed by atoms with van der Waals surface area (Å²) in [5.41, 5.74) is 2.54. The van der Waals surface area contributed by atoms with Crippen molar-refractivity contribution in [3.8, 4) is 0 Å². The Kier molecular flexibility index (Phi) is 3.35. The number of nitrogens with zero attached hydrogens (tertiary/aromatic N) is 1. The molecule has 1 heterocycles. The number of hydrogen-bond acceptors (Lipinski definition) is 1. The molecule has 2 unspecified atom stereocenters. The molecule has 2 atom stereocenters. The molecule has 0 spiro atoms. The Morgan fingerprint density at radius 1 is 0.938 bits per heavy atom. The minimum Gasteiger partial charge on any atom is -0.268 e. The summed E-state index contributed by atoms with van der Waals surface area (Å²) >= 11 is 0. The summed E-state index contributed by atoms with van der Waals surface area (Å²) in [6, 6.07) is 0. The molecule has 1 nitrogen and oxygen atoms in total. The van der Waals surface area contributed by atoms with Crippen LogP contribution in [0.3, 0.4) is 0 Å². The topological polar surface area (TPSA) is 12.4 Å². The lowest BCUT2D eigenvalue weighted by atomic mass is 9.98. The van der Waals surface area contributed by atoms with Gasteiger partial charge in [-0.3, -0.25) is 4.99 Å². The van der Waals surface area contributed by atoms with Gasteiger partial charge in [-0.25, -0.2) is 0 Å². The quantitative estimate of drug-likeness (QED) is 0.625. The normalized spacial score (nSPS) is 28.4. The van der Waals surface area contributed by atoms with Crippen LogP contribution in [0.2, 0.25) is 0 Å². The summed E-state index contributed by atoms with van der Waals surface area (Å²) < 4.78 is 0. The summed E-state index contributed by atoms with van der Waals surface area (Å²) in [6.07, 6.45) is 19.0. The molecule has 0 saturated carbocycles. The zero-order valence-electron chi connectivity index (χ0n) is 9.80. The van der Waals surface area contributed by atoms with E-state index in [9.17, 15) is 0 Å². The summed E-state index contributed by atoms with van der Waals surface area (Å²) in [6.45, 7) is 4.35. The molecular formula is C15H17N. The lowest BCUT2D eigenvalue weighted by Crippen LogP contribution is -1.93. The van der Waals surface area contributed by atoms with Crippen molar-refractivity contribution >= 4 is 6.21 Å². The van der Waals surface area contributed by atoms with Crippen LogP contribution < -0.4 is 0 Å². The third-order valence-corrected chi connectivity index (χ3v) is 2.68. The molecule has 0 aromatic carbocycles. The van der Waals surface area contributed by atoms with Crippen molar-refractivity contribution in [2.24, 2.45) is 16.8 Å². The highest BCUT2D eigenvalue weighted by Crippen LogP contribution is 2.21. The Bertz CT molecular complexity index is 388. The molecule has 2 aliphatic rings. The van der Waals surface area contributed by atoms with Crippen molar-refractivity contribution in [1.82, 2.24) is 0 Å². The maximum Gasteiger partial charge on any atom is 0.0270 e. The van der Waals surface area contributed by atoms with E-state index >= 15 is 0 Å². The minimum absolute atomic E-state index is 0.394. The SMILES string of the molecule is CC1C=CC=CC(C2=CC(C)C=NC=C2)=C1. The van der Waals surface area contributed by atoms with E-state index in [2.05, 4.69) is 61.4 Å². The van der Waals surface area contributed by atoms with Crippen LogP contribution in [-0.2, 0) is 0 Å². The Morgan fingerprint density at radius 2 is 1.69 bits per heavy atom. The van der Waals surface area contributed by atoms with E-state index in [1.807, 2.05) is 12.4 Å². The first-order chi connectivity index (χ1) is 7.75. The van der Waals surface area contributed by atoms with Crippen molar-refractivity contribution < 1.29 is 0 Å². The summed E-state index contributed by atoms with van der Waals surface area (Å²) in [5.74, 6) is 0.879. The molecule has 0 N–H and O–H groups in total. The molecule has 16 heavy (non-hydrogen) atoms. The van der Waals surface area contributed by atoms with Gasteiger partial charge in [-0.15, -0.1) is 0 Å². The lowest BCUT2D eigenvalue weighted by Gasteiger charge is -2.06. The number of rotatable bonds is 1. The van der Waals surface area contributed by atoms with Crippen LogP contribution >= 0.6 is 0 Å². The summed E-state index contributed by atoms with van der Waals surface area (Å²) in [5, 5.41) is 0. The largest absolute Gasteiger partial charge is 0.268 e. The van der Waals surface area contributed by atoms with Crippen molar-refractivity contribution in [1.29, 1.82) is 0 Å². The van der Waals surface area contributed by atoms with Gasteiger partial charge >= 0.3 is 0 Å². The Hall–Kier alpha value is -1.63. The molecule has 0 fully saturated rings. The molecule has 0 aromatic rings. The van der Waals surface area contributed by atoms with Crippen LogP contribution in [0, 0.1) is 11.8 Å². The molecule has 0 amide bonds. The predicted octanol–water partition coefficient (Wildman–Crippen LogP) is 3.84. The summed E-state index contributed by atoms with van der Waals surface area (Å²) in [7, 11) is 0. The van der Waals surface area contributed by atoms with Gasteiger partial charge in [-0.1, -0.05) is 50.3 Å². The molecule has 1 aliphatic heterocycles. The molecule has 2 rings (SSSR count). The van der Waals surface area contributed by atoms with E-state index in [0.717, 1.165) is 0 Å². The van der Waals surface area contributed by atoms with Gasteiger partial charge in [0.25, 0.3) is 0 Å². The Morgan fingerprint density at radius 3 is 2.56 bits per heavy atom. The molecule has 1 heteroatoms. The lowest BCUT2D eigenvalue weighted by molar-refractivity contribution is 0.934. The first-order valence-corrected chi connectivity index (χ1v) is 5.74. The second-order valence-electron chi connectivity index (χ2n) is 4.32. The first-order valence-electron chi connectivity index (χ1n) is 5.74. The van der Waals surface area contributed by atoms with Gasteiger partial charge in [0.2, 0.25) is 0 Å². The van der Waals surface area contributed by atoms with Crippen molar-refractivity contribution in [3.63, 3.8) is 0 Å². The second-order valence-corrected chi connectivity index (χ2v) is 4.32. The molecular weight excluding hydrogens is 194 g/mol. The first kappa shape index (κ1) is 10.9. The highest BCUT2D eigenvalue weighted by Gasteiger charge is 2.06. The van der Waals surface area contributed by atoms with Gasteiger partial charge in [0.1, 0.15) is 0 Å². The molecule has 0 bridgehead atoms. The fraction of sp³-hybridized carbons (Fsp3) is 0.267. The molecule has 0 aromatic heterocycles. The number of hydrogen-bond donors (Lipinski definition) is 0. The zero-order valence-corrected chi connectivity index (χ0v) is 9.80. The van der Waals surface area contributed by atoms with E-state index in [4.69, 9.17) is 0 Å². The molecule has 0 saturated heterocycles. The van der Waals surface area contributed by atoms with E-state index in [-0.39, 0.29) is 0 Å². The van der Waals surface area contributed by atoms with E-state index < -0.39 is 0 Å². The summed E-state index contributed by atoms with van der Waals surface area (Å²) in [4.78, 5) is 4.21. The van der Waals surface area contributed by atoms with Crippen LogP contribution in [-0.4, -0.2) is 6.21 Å². The van der Waals surface area contributed by atoms with Crippen molar-refractivity contribution in [2.45, 2.75) is 13.8 Å². The smallest absolute Gasteiger partial charge is 0.0270 e. The van der Waals surface area contributed by atoms with Crippen LogP contribution in [0.4, 0.5) is 0 Å². The average Bonchev–Trinajstić information content (AvgIpc) is 2.58. The monoisotopic (exact) mass is 211 g/mol. The fourth-order valence-electron chi connectivity index (χ4n) is 1.87. The molecule has 1 aliphatic carbocycles. The van der Waals surface area contributed by atoms with Gasteiger partial charge in [0.05, 0.1) is 0 Å². The highest BCUT2D eigenvalue weighted by molar-refractivity contribution is 5.66. The third kappa shape index (κ3) is 2.69. The van der Waals surface area contributed by atoms with Gasteiger partial charge in [-0.2, -0.15) is 0 Å². The van der Waals surface area contributed by atoms with Crippen LogP contribution in [0.5, 0.6) is 0 Å². The van der Waals surface area contributed by atoms with Gasteiger partial charge in [-0.05, 0) is 23.1 Å². The maximum atomic E-state index is 4.21. The van der Waals surface area contributed by atoms with E-state index in [1.54, 1.807) is 0 Å². The van der Waals surface area contributed by atoms with Crippen LogP contribution in [0.15, 0.2) is 64.9 Å². The van der Waals surface area contributed by atoms with Crippen LogP contribution in [0.1, 0.15) is 13.8 Å². The van der Waals surface area contributed by atoms with E-state index in [1.165, 1.54) is 11.1 Å². The molecule has 0 radical (unpaired) electrons. The maximum absolute atomic E-state index is 4.21. The predicted molar refractivity (Wildman–Crippen MR) is 70.4 cm³/mol. The van der Waals surface area contributed by atoms with Crippen molar-refractivity contribution in [2.75, 3.05) is 0 Å². The fourth-order valence-corrected chi connectivity index (χ4v) is 1.87. The standard InChI is InChI=1S/C15H17N/c1-12-5-3-4-6-14(9-12)15-7-8-16-11-13(2)10-15/h3-13H,1-2H3. The third-order valence-electron chi connectivity index (χ3n) is 2.68. The van der Waals surface area contributed by atoms with Crippen LogP contribution in [0.25, 0.3) is 0 Å². The number of aliphatic imine (C=N–C) groups is 1. The van der Waals surface area contributed by atoms with Gasteiger partial charge in [0, 0.05) is 18.3 Å².